The van der Waals surface area contributed by atoms with E-state index in [-0.39, 0.29) is 57.1 Å². The number of nitrogens with two attached hydrogens (primary N) is 4. The minimum absolute atomic E-state index is 0.0466. The quantitative estimate of drug-likeness (QED) is 0.162. The van der Waals surface area contributed by atoms with Crippen molar-refractivity contribution in [2.24, 2.45) is 22.9 Å². The van der Waals surface area contributed by atoms with Gasteiger partial charge in [-0.2, -0.15) is 12.6 Å². The average molecular weight is 443 g/mol. The second-order valence-corrected chi connectivity index (χ2v) is 8.38. The van der Waals surface area contributed by atoms with E-state index in [2.05, 4.69) is 0 Å². The number of phenols is 2. The van der Waals surface area contributed by atoms with Crippen LogP contribution < -0.4 is 22.9 Å². The maximum atomic E-state index is 10.3. The summed E-state index contributed by atoms with van der Waals surface area (Å²) in [7, 11) is 0. The molecule has 0 fully saturated rings. The molecular weight excluding hydrogens is 416 g/mol. The maximum absolute atomic E-state index is 10.3. The summed E-state index contributed by atoms with van der Waals surface area (Å²) in [5.41, 5.74) is 23.7. The first-order valence-corrected chi connectivity index (χ1v) is 9.54. The lowest BCUT2D eigenvalue weighted by Crippen LogP contribution is -2.22. The van der Waals surface area contributed by atoms with E-state index in [4.69, 9.17) is 57.2 Å². The molecule has 0 aliphatic rings. The van der Waals surface area contributed by atoms with Gasteiger partial charge in [0.2, 0.25) is 0 Å². The summed E-state index contributed by atoms with van der Waals surface area (Å²) in [6, 6.07) is 6.14. The van der Waals surface area contributed by atoms with Gasteiger partial charge in [0.05, 0.1) is 22.3 Å². The number of benzene rings is 2. The molecule has 0 radical (unpaired) electrons. The van der Waals surface area contributed by atoms with E-state index in [0.717, 1.165) is 0 Å². The summed E-state index contributed by atoms with van der Waals surface area (Å²) < 4.78 is -0.799. The molecule has 0 heterocycles. The van der Waals surface area contributed by atoms with E-state index in [9.17, 15) is 10.2 Å². The Kier molecular flexibility index (Phi) is 6.50. The molecule has 1 unspecified atom stereocenters. The number of aromatic hydroxyl groups is 2. The molecule has 164 valence electrons. The SMILES string of the molecule is CC(S)(CCc1cc(C(=N)N)c(O)c(C(=N)N)c1)c1cc(C(=N)N)c(O)c(C(=N)N)c1. The van der Waals surface area contributed by atoms with Crippen LogP contribution in [0, 0.1) is 21.6 Å². The third kappa shape index (κ3) is 4.89. The van der Waals surface area contributed by atoms with E-state index in [1.54, 1.807) is 12.1 Å². The number of nitrogen functional groups attached to an aromatic ring is 4. The molecule has 0 aliphatic heterocycles. The van der Waals surface area contributed by atoms with Crippen LogP contribution in [0.4, 0.5) is 0 Å². The third-order valence-electron chi connectivity index (χ3n) is 4.96. The minimum atomic E-state index is -0.799. The van der Waals surface area contributed by atoms with Crippen molar-refractivity contribution in [2.45, 2.75) is 24.5 Å². The fourth-order valence-corrected chi connectivity index (χ4v) is 3.38. The Labute approximate surface area is 184 Å². The van der Waals surface area contributed by atoms with Gasteiger partial charge in [-0.25, -0.2) is 0 Å². The molecule has 0 aliphatic carbocycles. The van der Waals surface area contributed by atoms with Gasteiger partial charge < -0.3 is 33.1 Å². The van der Waals surface area contributed by atoms with Crippen LogP contribution in [0.2, 0.25) is 0 Å². The molecule has 11 heteroatoms. The monoisotopic (exact) mass is 442 g/mol. The Morgan fingerprint density at radius 3 is 1.42 bits per heavy atom. The Balaban J connectivity index is 2.46. The van der Waals surface area contributed by atoms with Crippen LogP contribution in [0.15, 0.2) is 24.3 Å². The molecule has 0 saturated heterocycles. The Bertz CT molecular complexity index is 1040. The molecule has 31 heavy (non-hydrogen) atoms. The van der Waals surface area contributed by atoms with Gasteiger partial charge in [-0.1, -0.05) is 0 Å². The highest BCUT2D eigenvalue weighted by Gasteiger charge is 2.26. The first-order chi connectivity index (χ1) is 14.3. The predicted octanol–water partition coefficient (Wildman–Crippen LogP) is 1.01. The molecule has 0 saturated carbocycles. The van der Waals surface area contributed by atoms with Crippen molar-refractivity contribution in [1.29, 1.82) is 21.6 Å². The Hall–Kier alpha value is -3.73. The molecule has 2 rings (SSSR count). The van der Waals surface area contributed by atoms with Crippen molar-refractivity contribution in [2.75, 3.05) is 0 Å². The topological polar surface area (TPSA) is 240 Å². The van der Waals surface area contributed by atoms with Crippen LogP contribution in [0.3, 0.4) is 0 Å². The van der Waals surface area contributed by atoms with E-state index in [1.165, 1.54) is 12.1 Å². The highest BCUT2D eigenvalue weighted by atomic mass is 32.1. The summed E-state index contributed by atoms with van der Waals surface area (Å²) >= 11 is 4.74. The molecule has 2 aromatic carbocycles. The normalized spacial score (nSPS) is 12.7. The zero-order valence-electron chi connectivity index (χ0n) is 16.9. The van der Waals surface area contributed by atoms with E-state index in [0.29, 0.717) is 24.0 Å². The highest BCUT2D eigenvalue weighted by Crippen LogP contribution is 2.37. The lowest BCUT2D eigenvalue weighted by atomic mass is 9.88. The van der Waals surface area contributed by atoms with Gasteiger partial charge in [-0.15, -0.1) is 0 Å². The third-order valence-corrected chi connectivity index (χ3v) is 5.44. The fraction of sp³-hybridized carbons (Fsp3) is 0.200. The fourth-order valence-electron chi connectivity index (χ4n) is 3.14. The maximum Gasteiger partial charge on any atom is 0.137 e. The first kappa shape index (κ1) is 23.5. The molecule has 14 N–H and O–H groups in total. The smallest absolute Gasteiger partial charge is 0.137 e. The predicted molar refractivity (Wildman–Crippen MR) is 125 cm³/mol. The van der Waals surface area contributed by atoms with Gasteiger partial charge in [-0.05, 0) is 55.2 Å². The summed E-state index contributed by atoms with van der Waals surface area (Å²) in [6.07, 6.45) is 0.835. The molecule has 0 amide bonds. The van der Waals surface area contributed by atoms with Gasteiger partial charge in [0.15, 0.2) is 0 Å². The second-order valence-electron chi connectivity index (χ2n) is 7.39. The summed E-state index contributed by atoms with van der Waals surface area (Å²) in [5.74, 6) is -2.13. The Morgan fingerprint density at radius 1 is 0.774 bits per heavy atom. The zero-order valence-corrected chi connectivity index (χ0v) is 17.8. The largest absolute Gasteiger partial charge is 0.506 e. The molecule has 0 spiro atoms. The number of hydrogen-bond acceptors (Lipinski definition) is 7. The van der Waals surface area contributed by atoms with Crippen molar-refractivity contribution in [3.8, 4) is 11.5 Å². The van der Waals surface area contributed by atoms with Gasteiger partial charge in [0, 0.05) is 4.75 Å². The van der Waals surface area contributed by atoms with Crippen LogP contribution in [-0.2, 0) is 11.2 Å². The number of aryl methyl sites for hydroxylation is 1. The molecule has 1 atom stereocenters. The summed E-state index contributed by atoms with van der Waals surface area (Å²) in [5, 5.41) is 51.2. The van der Waals surface area contributed by atoms with Gasteiger partial charge in [0.25, 0.3) is 0 Å². The lowest BCUT2D eigenvalue weighted by molar-refractivity contribution is 0.472. The van der Waals surface area contributed by atoms with Crippen molar-refractivity contribution in [3.05, 3.63) is 57.6 Å². The van der Waals surface area contributed by atoms with E-state index < -0.39 is 4.75 Å². The van der Waals surface area contributed by atoms with Gasteiger partial charge >= 0.3 is 0 Å². The summed E-state index contributed by atoms with van der Waals surface area (Å²) in [4.78, 5) is 0. The molecule has 0 bridgehead atoms. The minimum Gasteiger partial charge on any atom is -0.506 e. The van der Waals surface area contributed by atoms with Crippen LogP contribution in [0.25, 0.3) is 0 Å². The van der Waals surface area contributed by atoms with Gasteiger partial charge in [0.1, 0.15) is 34.8 Å². The zero-order chi connectivity index (χ0) is 23.7. The van der Waals surface area contributed by atoms with Crippen LogP contribution in [0.1, 0.15) is 46.7 Å². The molecular formula is C20H26N8O2S. The number of hydrogen-bond donors (Lipinski definition) is 11. The molecule has 2 aromatic rings. The van der Waals surface area contributed by atoms with E-state index in [1.807, 2.05) is 6.92 Å². The number of rotatable bonds is 8. The van der Waals surface area contributed by atoms with Crippen molar-refractivity contribution in [3.63, 3.8) is 0 Å². The molecule has 10 nitrogen and oxygen atoms in total. The first-order valence-electron chi connectivity index (χ1n) is 9.09. The van der Waals surface area contributed by atoms with Crippen molar-refractivity contribution >= 4 is 36.0 Å². The Morgan fingerprint density at radius 2 is 1.10 bits per heavy atom. The number of nitrogens with one attached hydrogen (secondary N) is 4. The van der Waals surface area contributed by atoms with Crippen molar-refractivity contribution < 1.29 is 10.2 Å². The number of amidine groups is 4. The van der Waals surface area contributed by atoms with Gasteiger partial charge in [-0.3, -0.25) is 21.6 Å². The lowest BCUT2D eigenvalue weighted by Gasteiger charge is -2.26. The summed E-state index contributed by atoms with van der Waals surface area (Å²) in [6.45, 7) is 1.81. The van der Waals surface area contributed by atoms with Crippen molar-refractivity contribution in [1.82, 2.24) is 0 Å². The van der Waals surface area contributed by atoms with Crippen LogP contribution in [-0.4, -0.2) is 33.6 Å². The average Bonchev–Trinajstić information content (AvgIpc) is 2.66. The van der Waals surface area contributed by atoms with Crippen LogP contribution >= 0.6 is 12.6 Å². The van der Waals surface area contributed by atoms with E-state index >= 15 is 0 Å². The standard InChI is InChI=1S/C20H26N8O2S/c1-20(31,9-6-12(18(25)26)15(30)13(7-9)19(27)28)3-2-8-4-10(16(21)22)14(29)11(5-8)17(23)24/h4-7,29-31H,2-3H2,1H3,(H3,21,22)(H3,23,24)(H3,25,26)(H3,27,28). The van der Waals surface area contributed by atoms with Crippen LogP contribution in [0.5, 0.6) is 11.5 Å². The highest BCUT2D eigenvalue weighted by molar-refractivity contribution is 7.81. The number of phenolic OH excluding ortho intramolecular Hbond substituents is 2. The number of thiol groups is 1. The second kappa shape index (κ2) is 8.56. The molecule has 0 aromatic heterocycles.